The summed E-state index contributed by atoms with van der Waals surface area (Å²) in [6.45, 7) is 4.16. The van der Waals surface area contributed by atoms with E-state index < -0.39 is 12.1 Å². The molecule has 7 heteroatoms. The molecule has 0 radical (unpaired) electrons. The first kappa shape index (κ1) is 21.3. The summed E-state index contributed by atoms with van der Waals surface area (Å²) in [7, 11) is 0. The van der Waals surface area contributed by atoms with Gasteiger partial charge in [-0.15, -0.1) is 0 Å². The average Bonchev–Trinajstić information content (AvgIpc) is 3.24. The molecule has 1 atom stereocenters. The Labute approximate surface area is 197 Å². The first-order valence-electron chi connectivity index (χ1n) is 10.8. The number of Topliss-reactive ketones (excluding diaryl/α,β-unsaturated/α-hetero) is 1. The summed E-state index contributed by atoms with van der Waals surface area (Å²) in [6.07, 6.45) is 2.63. The molecule has 0 spiro atoms. The van der Waals surface area contributed by atoms with Gasteiger partial charge in [0.25, 0.3) is 0 Å². The van der Waals surface area contributed by atoms with Crippen molar-refractivity contribution in [3.8, 4) is 0 Å². The Hall–Kier alpha value is -3.51. The second-order valence-electron chi connectivity index (χ2n) is 9.17. The summed E-state index contributed by atoms with van der Waals surface area (Å²) in [4.78, 5) is 28.9. The van der Waals surface area contributed by atoms with E-state index in [2.05, 4.69) is 24.5 Å². The number of allylic oxidation sites excluding steroid dienone is 1. The highest BCUT2D eigenvalue weighted by Gasteiger charge is 2.44. The van der Waals surface area contributed by atoms with Crippen LogP contribution in [0.2, 0.25) is 5.02 Å². The molecule has 1 aliphatic heterocycles. The highest BCUT2D eigenvalue weighted by molar-refractivity contribution is 6.33. The predicted molar refractivity (Wildman–Crippen MR) is 130 cm³/mol. The topological polar surface area (TPSA) is 74.6 Å². The number of hydrogen-bond donors (Lipinski definition) is 2. The van der Waals surface area contributed by atoms with E-state index in [0.717, 1.165) is 11.4 Å². The van der Waals surface area contributed by atoms with Crippen LogP contribution in [0.25, 0.3) is 0 Å². The van der Waals surface area contributed by atoms with Crippen LogP contribution in [0.1, 0.15) is 38.5 Å². The standard InChI is InChI=1S/C26H24ClN3O3/c1-26(2)14-19-23(21(31)15-26)24(22-12-7-13-33-22)30(20-11-6-5-10-18(20)28-19)25(32)29-17-9-4-3-8-16(17)27/h3-13,24,28H,14-15H2,1-2H3,(H,29,32)/t24-/m0/s1. The van der Waals surface area contributed by atoms with Gasteiger partial charge in [0.15, 0.2) is 5.78 Å². The molecule has 2 amide bonds. The number of carbonyl (C=O) groups excluding carboxylic acids is 2. The Morgan fingerprint density at radius 1 is 1.09 bits per heavy atom. The van der Waals surface area contributed by atoms with Crippen LogP contribution in [-0.2, 0) is 4.79 Å². The average molecular weight is 462 g/mol. The summed E-state index contributed by atoms with van der Waals surface area (Å²) >= 11 is 6.31. The lowest BCUT2D eigenvalue weighted by Gasteiger charge is -2.36. The van der Waals surface area contributed by atoms with Crippen molar-refractivity contribution in [3.05, 3.63) is 89.0 Å². The predicted octanol–water partition coefficient (Wildman–Crippen LogP) is 6.78. The SMILES string of the molecule is CC1(C)CC(=O)C2=C(C1)Nc1ccccc1N(C(=O)Nc1ccccc1Cl)[C@H]2c1ccco1. The highest BCUT2D eigenvalue weighted by Crippen LogP contribution is 2.48. The minimum atomic E-state index is -0.725. The number of rotatable bonds is 2. The lowest BCUT2D eigenvalue weighted by molar-refractivity contribution is -0.118. The Balaban J connectivity index is 1.70. The molecular formula is C26H24ClN3O3. The maximum atomic E-state index is 13.8. The number of benzene rings is 2. The summed E-state index contributed by atoms with van der Waals surface area (Å²) in [5.41, 5.74) is 3.05. The molecule has 2 heterocycles. The zero-order valence-electron chi connectivity index (χ0n) is 18.4. The normalized spacial score (nSPS) is 19.3. The molecule has 2 aromatic carbocycles. The van der Waals surface area contributed by atoms with Crippen molar-refractivity contribution in [2.45, 2.75) is 32.7 Å². The second kappa shape index (κ2) is 8.12. The second-order valence-corrected chi connectivity index (χ2v) is 9.58. The molecule has 0 fully saturated rings. The lowest BCUT2D eigenvalue weighted by atomic mass is 9.74. The third-order valence-corrected chi connectivity index (χ3v) is 6.38. The fourth-order valence-electron chi connectivity index (χ4n) is 4.66. The number of halogens is 1. The summed E-state index contributed by atoms with van der Waals surface area (Å²) in [6, 6.07) is 17.0. The number of fused-ring (bicyclic) bond motifs is 1. The molecule has 0 bridgehead atoms. The number of para-hydroxylation sites is 3. The molecular weight excluding hydrogens is 438 g/mol. The zero-order valence-corrected chi connectivity index (χ0v) is 19.1. The molecule has 5 rings (SSSR count). The number of urea groups is 1. The van der Waals surface area contributed by atoms with E-state index in [0.29, 0.717) is 40.6 Å². The Morgan fingerprint density at radius 3 is 2.61 bits per heavy atom. The Kier molecular flexibility index (Phi) is 5.25. The van der Waals surface area contributed by atoms with Crippen molar-refractivity contribution < 1.29 is 14.0 Å². The van der Waals surface area contributed by atoms with Gasteiger partial charge in [0.1, 0.15) is 11.8 Å². The van der Waals surface area contributed by atoms with Crippen molar-refractivity contribution in [3.63, 3.8) is 0 Å². The van der Waals surface area contributed by atoms with Gasteiger partial charge in [-0.3, -0.25) is 9.69 Å². The number of nitrogens with zero attached hydrogens (tertiary/aromatic N) is 1. The third kappa shape index (κ3) is 3.91. The first-order valence-corrected chi connectivity index (χ1v) is 11.2. The van der Waals surface area contributed by atoms with Crippen molar-refractivity contribution in [2.75, 3.05) is 15.5 Å². The maximum Gasteiger partial charge on any atom is 0.327 e. The number of furan rings is 1. The number of ketones is 1. The van der Waals surface area contributed by atoms with Crippen LogP contribution in [0.5, 0.6) is 0 Å². The van der Waals surface area contributed by atoms with Gasteiger partial charge in [0, 0.05) is 17.7 Å². The smallest absolute Gasteiger partial charge is 0.327 e. The van der Waals surface area contributed by atoms with Gasteiger partial charge in [0.05, 0.1) is 28.3 Å². The van der Waals surface area contributed by atoms with E-state index in [1.165, 1.54) is 0 Å². The van der Waals surface area contributed by atoms with Gasteiger partial charge < -0.3 is 15.1 Å². The van der Waals surface area contributed by atoms with Gasteiger partial charge in [-0.25, -0.2) is 4.79 Å². The van der Waals surface area contributed by atoms with Crippen LogP contribution in [0.15, 0.2) is 82.6 Å². The van der Waals surface area contributed by atoms with Crippen molar-refractivity contribution in [1.82, 2.24) is 0 Å². The Morgan fingerprint density at radius 2 is 1.85 bits per heavy atom. The van der Waals surface area contributed by atoms with Crippen molar-refractivity contribution in [2.24, 2.45) is 5.41 Å². The van der Waals surface area contributed by atoms with E-state index in [4.69, 9.17) is 16.0 Å². The van der Waals surface area contributed by atoms with Gasteiger partial charge in [0.2, 0.25) is 0 Å². The van der Waals surface area contributed by atoms with Crippen molar-refractivity contribution >= 4 is 40.5 Å². The van der Waals surface area contributed by atoms with Gasteiger partial charge in [-0.1, -0.05) is 49.7 Å². The minimum Gasteiger partial charge on any atom is -0.467 e. The van der Waals surface area contributed by atoms with E-state index >= 15 is 0 Å². The molecule has 168 valence electrons. The van der Waals surface area contributed by atoms with Crippen molar-refractivity contribution in [1.29, 1.82) is 0 Å². The fourth-order valence-corrected chi connectivity index (χ4v) is 4.85. The van der Waals surface area contributed by atoms with E-state index in [9.17, 15) is 9.59 Å². The summed E-state index contributed by atoms with van der Waals surface area (Å²) in [5.74, 6) is 0.516. The molecule has 0 unspecified atom stereocenters. The lowest BCUT2D eigenvalue weighted by Crippen LogP contribution is -2.41. The number of carbonyl (C=O) groups is 2. The monoisotopic (exact) mass is 461 g/mol. The molecule has 0 saturated carbocycles. The number of nitrogens with one attached hydrogen (secondary N) is 2. The van der Waals surface area contributed by atoms with Crippen LogP contribution in [0.4, 0.5) is 21.9 Å². The zero-order chi connectivity index (χ0) is 23.2. The molecule has 1 aliphatic carbocycles. The summed E-state index contributed by atoms with van der Waals surface area (Å²) in [5, 5.41) is 6.82. The number of hydrogen-bond acceptors (Lipinski definition) is 4. The van der Waals surface area contributed by atoms with E-state index in [-0.39, 0.29) is 11.2 Å². The molecule has 0 saturated heterocycles. The molecule has 33 heavy (non-hydrogen) atoms. The van der Waals surface area contributed by atoms with Crippen LogP contribution >= 0.6 is 11.6 Å². The number of anilines is 3. The van der Waals surface area contributed by atoms with E-state index in [1.54, 1.807) is 47.6 Å². The van der Waals surface area contributed by atoms with Gasteiger partial charge >= 0.3 is 6.03 Å². The number of amides is 2. The molecule has 2 N–H and O–H groups in total. The van der Waals surface area contributed by atoms with Crippen LogP contribution in [-0.4, -0.2) is 11.8 Å². The molecule has 2 aliphatic rings. The molecule has 6 nitrogen and oxygen atoms in total. The molecule has 1 aromatic heterocycles. The Bertz CT molecular complexity index is 1260. The summed E-state index contributed by atoms with van der Waals surface area (Å²) < 4.78 is 5.79. The fraction of sp³-hybridized carbons (Fsp3) is 0.231. The van der Waals surface area contributed by atoms with Crippen LogP contribution in [0.3, 0.4) is 0 Å². The third-order valence-electron chi connectivity index (χ3n) is 6.05. The van der Waals surface area contributed by atoms with Gasteiger partial charge in [-0.2, -0.15) is 0 Å². The first-order chi connectivity index (χ1) is 15.8. The minimum absolute atomic E-state index is 0.00139. The van der Waals surface area contributed by atoms with Crippen LogP contribution in [0, 0.1) is 5.41 Å². The van der Waals surface area contributed by atoms with Crippen LogP contribution < -0.4 is 15.5 Å². The highest BCUT2D eigenvalue weighted by atomic mass is 35.5. The molecule has 3 aromatic rings. The largest absolute Gasteiger partial charge is 0.467 e. The van der Waals surface area contributed by atoms with E-state index in [1.807, 2.05) is 24.3 Å². The maximum absolute atomic E-state index is 13.8. The quantitative estimate of drug-likeness (QED) is 0.441. The van der Waals surface area contributed by atoms with Gasteiger partial charge in [-0.05, 0) is 48.2 Å².